The number of ketones is 1. The first-order valence-corrected chi connectivity index (χ1v) is 5.98. The Morgan fingerprint density at radius 2 is 2.06 bits per heavy atom. The number of hydrogen-bond acceptors (Lipinski definition) is 5. The fourth-order valence-corrected chi connectivity index (χ4v) is 2.50. The van der Waals surface area contributed by atoms with Crippen molar-refractivity contribution in [3.8, 4) is 0 Å². The molecule has 1 aliphatic carbocycles. The van der Waals surface area contributed by atoms with Gasteiger partial charge < -0.3 is 15.6 Å². The number of carbonyl (C=O) groups is 2. The molecular formula is C12H16NO5. The van der Waals surface area contributed by atoms with Crippen LogP contribution in [0.4, 0.5) is 0 Å². The second-order valence-corrected chi connectivity index (χ2v) is 5.08. The largest absolute Gasteiger partial charge is 0.395 e. The number of nitrogens with two attached hydrogens (primary N) is 1. The van der Waals surface area contributed by atoms with Crippen LogP contribution >= 0.6 is 0 Å². The monoisotopic (exact) mass is 254 g/mol. The van der Waals surface area contributed by atoms with Crippen LogP contribution in [0, 0.1) is 10.8 Å². The van der Waals surface area contributed by atoms with E-state index >= 15 is 0 Å². The highest BCUT2D eigenvalue weighted by Crippen LogP contribution is 2.50. The number of ether oxygens (including phenoxy) is 1. The molecule has 1 aliphatic heterocycles. The van der Waals surface area contributed by atoms with Gasteiger partial charge in [0.25, 0.3) is 0 Å². The Kier molecular flexibility index (Phi) is 3.25. The van der Waals surface area contributed by atoms with Crippen LogP contribution in [0.1, 0.15) is 25.7 Å². The molecule has 0 spiro atoms. The number of aliphatic hydroxyl groups excluding tert-OH is 1. The summed E-state index contributed by atoms with van der Waals surface area (Å²) >= 11 is 0. The molecule has 0 aromatic carbocycles. The smallest absolute Gasteiger partial charge is 0.231 e. The lowest BCUT2D eigenvalue weighted by Gasteiger charge is -2.38. The third-order valence-corrected chi connectivity index (χ3v) is 3.97. The third kappa shape index (κ3) is 1.76. The second kappa shape index (κ2) is 4.44. The molecule has 6 heteroatoms. The van der Waals surface area contributed by atoms with Gasteiger partial charge in [0.2, 0.25) is 12.2 Å². The summed E-state index contributed by atoms with van der Waals surface area (Å²) in [6.07, 6.45) is 2.32. The van der Waals surface area contributed by atoms with Gasteiger partial charge in [-0.2, -0.15) is 0 Å². The fourth-order valence-electron chi connectivity index (χ4n) is 2.50. The number of primary amides is 1. The van der Waals surface area contributed by atoms with Crippen molar-refractivity contribution in [1.29, 1.82) is 0 Å². The first kappa shape index (κ1) is 13.2. The van der Waals surface area contributed by atoms with Crippen LogP contribution in [-0.4, -0.2) is 42.4 Å². The molecule has 1 saturated heterocycles. The van der Waals surface area contributed by atoms with E-state index in [4.69, 9.17) is 10.5 Å². The minimum absolute atomic E-state index is 0.328. The summed E-state index contributed by atoms with van der Waals surface area (Å²) in [7, 11) is 0. The van der Waals surface area contributed by atoms with E-state index in [0.717, 1.165) is 0 Å². The average molecular weight is 254 g/mol. The van der Waals surface area contributed by atoms with Crippen molar-refractivity contribution in [1.82, 2.24) is 0 Å². The Morgan fingerprint density at radius 1 is 1.39 bits per heavy atom. The van der Waals surface area contributed by atoms with Gasteiger partial charge in [0.15, 0.2) is 5.78 Å². The maximum Gasteiger partial charge on any atom is 0.231 e. The molecule has 18 heavy (non-hydrogen) atoms. The maximum absolute atomic E-state index is 12.3. The van der Waals surface area contributed by atoms with Crippen molar-refractivity contribution in [3.63, 3.8) is 0 Å². The number of rotatable bonds is 5. The first-order valence-electron chi connectivity index (χ1n) is 5.98. The van der Waals surface area contributed by atoms with E-state index < -0.39 is 35.2 Å². The van der Waals surface area contributed by atoms with E-state index in [0.29, 0.717) is 32.3 Å². The zero-order valence-electron chi connectivity index (χ0n) is 9.98. The van der Waals surface area contributed by atoms with E-state index in [1.54, 1.807) is 6.29 Å². The molecule has 2 unspecified atom stereocenters. The van der Waals surface area contributed by atoms with E-state index in [2.05, 4.69) is 0 Å². The zero-order valence-corrected chi connectivity index (χ0v) is 9.98. The van der Waals surface area contributed by atoms with Crippen LogP contribution in [0.25, 0.3) is 0 Å². The van der Waals surface area contributed by atoms with Crippen LogP contribution in [0.2, 0.25) is 0 Å². The molecule has 1 saturated carbocycles. The summed E-state index contributed by atoms with van der Waals surface area (Å²) in [5.74, 6) is -1.16. The summed E-state index contributed by atoms with van der Waals surface area (Å²) in [5, 5.41) is 9.37. The molecule has 1 heterocycles. The van der Waals surface area contributed by atoms with Crippen LogP contribution < -0.4 is 5.73 Å². The van der Waals surface area contributed by atoms with Gasteiger partial charge in [-0.15, -0.1) is 0 Å². The van der Waals surface area contributed by atoms with Crippen molar-refractivity contribution >= 4 is 18.0 Å². The molecule has 3 N–H and O–H groups in total. The molecule has 1 radical (unpaired) electrons. The number of aliphatic hydroxyl groups is 1. The summed E-state index contributed by atoms with van der Waals surface area (Å²) in [6.45, 7) is -0.184. The molecule has 99 valence electrons. The molecule has 1 amide bonds. The SMILES string of the molecule is NC(=O)C1(C(=O)C2OCCCC2([C]=O)CO)CC1. The van der Waals surface area contributed by atoms with Crippen LogP contribution in [0.15, 0.2) is 0 Å². The predicted molar refractivity (Wildman–Crippen MR) is 60.1 cm³/mol. The van der Waals surface area contributed by atoms with Gasteiger partial charge in [-0.05, 0) is 25.7 Å². The minimum atomic E-state index is -1.35. The molecule has 2 rings (SSSR count). The highest BCUT2D eigenvalue weighted by Gasteiger charge is 2.61. The molecule has 2 atom stereocenters. The summed E-state index contributed by atoms with van der Waals surface area (Å²) in [5.41, 5.74) is 2.69. The van der Waals surface area contributed by atoms with Crippen molar-refractivity contribution in [2.45, 2.75) is 31.8 Å². The van der Waals surface area contributed by atoms with Crippen molar-refractivity contribution in [3.05, 3.63) is 0 Å². The maximum atomic E-state index is 12.3. The van der Waals surface area contributed by atoms with Gasteiger partial charge in [0.05, 0.1) is 12.0 Å². The molecular weight excluding hydrogens is 238 g/mol. The Balaban J connectivity index is 2.27. The van der Waals surface area contributed by atoms with Gasteiger partial charge in [-0.25, -0.2) is 0 Å². The van der Waals surface area contributed by atoms with Gasteiger partial charge >= 0.3 is 0 Å². The summed E-state index contributed by atoms with van der Waals surface area (Å²) < 4.78 is 5.33. The van der Waals surface area contributed by atoms with Crippen molar-refractivity contribution in [2.24, 2.45) is 16.6 Å². The van der Waals surface area contributed by atoms with E-state index in [9.17, 15) is 19.5 Å². The highest BCUT2D eigenvalue weighted by molar-refractivity contribution is 6.11. The number of hydrogen-bond donors (Lipinski definition) is 2. The first-order chi connectivity index (χ1) is 8.52. The fraction of sp³-hybridized carbons (Fsp3) is 0.750. The lowest BCUT2D eigenvalue weighted by atomic mass is 9.73. The predicted octanol–water partition coefficient (Wildman–Crippen LogP) is -0.912. The Bertz CT molecular complexity index is 390. The van der Waals surface area contributed by atoms with Crippen molar-refractivity contribution in [2.75, 3.05) is 13.2 Å². The Labute approximate surface area is 104 Å². The van der Waals surface area contributed by atoms with E-state index in [1.165, 1.54) is 0 Å². The second-order valence-electron chi connectivity index (χ2n) is 5.08. The topological polar surface area (TPSA) is 107 Å². The molecule has 0 aromatic rings. The quantitative estimate of drug-likeness (QED) is 0.617. The van der Waals surface area contributed by atoms with Crippen LogP contribution in [-0.2, 0) is 19.1 Å². The number of carbonyl (C=O) groups excluding carboxylic acids is 3. The van der Waals surface area contributed by atoms with Gasteiger partial charge in [0.1, 0.15) is 11.5 Å². The van der Waals surface area contributed by atoms with Gasteiger partial charge in [-0.1, -0.05) is 0 Å². The van der Waals surface area contributed by atoms with Gasteiger partial charge in [0, 0.05) is 6.61 Å². The normalized spacial score (nSPS) is 33.7. The Hall–Kier alpha value is -1.27. The number of Topliss-reactive ketones (excluding diaryl/α,β-unsaturated/α-hetero) is 1. The molecule has 0 bridgehead atoms. The third-order valence-electron chi connectivity index (χ3n) is 3.97. The minimum Gasteiger partial charge on any atom is -0.395 e. The molecule has 6 nitrogen and oxygen atoms in total. The van der Waals surface area contributed by atoms with E-state index in [1.807, 2.05) is 0 Å². The average Bonchev–Trinajstić information content (AvgIpc) is 3.19. The summed E-state index contributed by atoms with van der Waals surface area (Å²) in [4.78, 5) is 34.8. The van der Waals surface area contributed by atoms with Gasteiger partial charge in [-0.3, -0.25) is 14.4 Å². The van der Waals surface area contributed by atoms with Crippen LogP contribution in [0.3, 0.4) is 0 Å². The molecule has 2 fully saturated rings. The van der Waals surface area contributed by atoms with Crippen LogP contribution in [0.5, 0.6) is 0 Å². The zero-order chi connectivity index (χ0) is 13.4. The lowest BCUT2D eigenvalue weighted by Crippen LogP contribution is -2.53. The number of amides is 1. The van der Waals surface area contributed by atoms with Crippen molar-refractivity contribution < 1.29 is 24.2 Å². The molecule has 0 aromatic heterocycles. The lowest BCUT2D eigenvalue weighted by molar-refractivity contribution is -0.153. The Morgan fingerprint density at radius 3 is 2.50 bits per heavy atom. The van der Waals surface area contributed by atoms with E-state index in [-0.39, 0.29) is 0 Å². The highest BCUT2D eigenvalue weighted by atomic mass is 16.5. The molecule has 2 aliphatic rings. The standard InChI is InChI=1S/C12H16NO5/c13-10(17)12(3-4-12)8(16)9-11(6-14,7-15)2-1-5-18-9/h9,14H,1-6H2,(H2,13,17). The summed E-state index contributed by atoms with van der Waals surface area (Å²) in [6, 6.07) is 0.